The number of rotatable bonds is 4. The highest BCUT2D eigenvalue weighted by atomic mass is 19.1. The molecule has 2 aromatic carbocycles. The number of amides is 1. The Kier molecular flexibility index (Phi) is 5.41. The van der Waals surface area contributed by atoms with Gasteiger partial charge in [-0.2, -0.15) is 0 Å². The molecule has 3 aromatic rings. The van der Waals surface area contributed by atoms with Gasteiger partial charge >= 0.3 is 0 Å². The first-order valence-corrected chi connectivity index (χ1v) is 9.72. The first-order chi connectivity index (χ1) is 14.4. The number of nitro groups is 1. The second-order valence-electron chi connectivity index (χ2n) is 7.47. The molecule has 0 unspecified atom stereocenters. The smallest absolute Gasteiger partial charge is 0.269 e. The van der Waals surface area contributed by atoms with Crippen LogP contribution in [0.15, 0.2) is 48.5 Å². The van der Waals surface area contributed by atoms with Crippen LogP contribution in [0.4, 0.5) is 10.1 Å². The van der Waals surface area contributed by atoms with Gasteiger partial charge in [-0.3, -0.25) is 24.8 Å². The summed E-state index contributed by atoms with van der Waals surface area (Å²) >= 11 is 0. The van der Waals surface area contributed by atoms with Crippen molar-refractivity contribution in [3.63, 3.8) is 0 Å². The van der Waals surface area contributed by atoms with E-state index in [1.807, 2.05) is 6.07 Å². The number of carbonyl (C=O) groups excluding carboxylic acids is 1. The van der Waals surface area contributed by atoms with Gasteiger partial charge in [0.1, 0.15) is 5.82 Å². The number of carbonyl (C=O) groups is 1. The Morgan fingerprint density at radius 1 is 1.13 bits per heavy atom. The second kappa shape index (κ2) is 8.16. The number of pyridine rings is 1. The van der Waals surface area contributed by atoms with Crippen molar-refractivity contribution >= 4 is 22.5 Å². The molecule has 1 fully saturated rings. The predicted octanol–water partition coefficient (Wildman–Crippen LogP) is 3.55. The highest BCUT2D eigenvalue weighted by Crippen LogP contribution is 2.22. The predicted molar refractivity (Wildman–Crippen MR) is 111 cm³/mol. The molecule has 4 rings (SSSR count). The van der Waals surface area contributed by atoms with Crippen LogP contribution >= 0.6 is 0 Å². The lowest BCUT2D eigenvalue weighted by molar-refractivity contribution is -0.384. The topological polar surface area (TPSA) is 79.6 Å². The number of fused-ring (bicyclic) bond motifs is 1. The maximum atomic E-state index is 13.6. The van der Waals surface area contributed by atoms with Crippen molar-refractivity contribution in [2.45, 2.75) is 13.5 Å². The molecule has 0 spiro atoms. The number of benzene rings is 2. The first kappa shape index (κ1) is 19.9. The van der Waals surface area contributed by atoms with Gasteiger partial charge in [0, 0.05) is 62.0 Å². The number of hydrogen-bond acceptors (Lipinski definition) is 5. The molecule has 0 N–H and O–H groups in total. The van der Waals surface area contributed by atoms with Crippen molar-refractivity contribution in [2.24, 2.45) is 0 Å². The van der Waals surface area contributed by atoms with E-state index in [9.17, 15) is 19.3 Å². The molecular weight excluding hydrogens is 387 g/mol. The Balaban J connectivity index is 1.46. The van der Waals surface area contributed by atoms with Crippen LogP contribution in [0.25, 0.3) is 10.9 Å². The van der Waals surface area contributed by atoms with Crippen molar-refractivity contribution < 1.29 is 14.1 Å². The summed E-state index contributed by atoms with van der Waals surface area (Å²) in [6, 6.07) is 12.7. The zero-order valence-electron chi connectivity index (χ0n) is 16.5. The summed E-state index contributed by atoms with van der Waals surface area (Å²) in [7, 11) is 0. The average molecular weight is 408 g/mol. The van der Waals surface area contributed by atoms with E-state index in [-0.39, 0.29) is 17.4 Å². The van der Waals surface area contributed by atoms with Crippen molar-refractivity contribution in [3.8, 4) is 0 Å². The average Bonchev–Trinajstić information content (AvgIpc) is 2.73. The molecule has 0 atom stereocenters. The number of aryl methyl sites for hydroxylation is 1. The maximum absolute atomic E-state index is 13.6. The number of piperazine rings is 1. The van der Waals surface area contributed by atoms with Gasteiger partial charge in [-0.1, -0.05) is 12.1 Å². The molecule has 1 aliphatic heterocycles. The van der Waals surface area contributed by atoms with Crippen LogP contribution < -0.4 is 0 Å². The third kappa shape index (κ3) is 4.13. The van der Waals surface area contributed by atoms with Crippen molar-refractivity contribution in [1.29, 1.82) is 0 Å². The Labute approximate surface area is 172 Å². The Hall–Kier alpha value is -3.39. The van der Waals surface area contributed by atoms with Crippen molar-refractivity contribution in [2.75, 3.05) is 26.2 Å². The van der Waals surface area contributed by atoms with Gasteiger partial charge in [-0.25, -0.2) is 4.39 Å². The molecule has 0 radical (unpaired) electrons. The third-order valence-corrected chi connectivity index (χ3v) is 5.32. The zero-order chi connectivity index (χ0) is 21.3. The Bertz CT molecular complexity index is 1120. The van der Waals surface area contributed by atoms with Gasteiger partial charge < -0.3 is 4.90 Å². The summed E-state index contributed by atoms with van der Waals surface area (Å²) in [4.78, 5) is 32.0. The monoisotopic (exact) mass is 408 g/mol. The lowest BCUT2D eigenvalue weighted by Crippen LogP contribution is -2.48. The fraction of sp³-hybridized carbons (Fsp3) is 0.273. The van der Waals surface area contributed by atoms with Crippen LogP contribution in [0.2, 0.25) is 0 Å². The van der Waals surface area contributed by atoms with Crippen LogP contribution in [-0.2, 0) is 6.54 Å². The van der Waals surface area contributed by atoms with E-state index < -0.39 is 4.92 Å². The number of nitro benzene ring substituents is 1. The van der Waals surface area contributed by atoms with Gasteiger partial charge in [-0.05, 0) is 30.7 Å². The summed E-state index contributed by atoms with van der Waals surface area (Å²) in [5.74, 6) is -0.471. The third-order valence-electron chi connectivity index (χ3n) is 5.32. The molecule has 1 saturated heterocycles. The maximum Gasteiger partial charge on any atom is 0.269 e. The molecule has 2 heterocycles. The fourth-order valence-electron chi connectivity index (χ4n) is 3.82. The molecule has 1 aliphatic rings. The summed E-state index contributed by atoms with van der Waals surface area (Å²) in [6.45, 7) is 4.84. The first-order valence-electron chi connectivity index (χ1n) is 9.72. The van der Waals surface area contributed by atoms with Gasteiger partial charge in [0.05, 0.1) is 16.0 Å². The van der Waals surface area contributed by atoms with Crippen LogP contribution in [-0.4, -0.2) is 51.8 Å². The highest BCUT2D eigenvalue weighted by Gasteiger charge is 2.24. The van der Waals surface area contributed by atoms with E-state index in [0.29, 0.717) is 54.9 Å². The summed E-state index contributed by atoms with van der Waals surface area (Å²) < 4.78 is 13.6. The quantitative estimate of drug-likeness (QED) is 0.487. The van der Waals surface area contributed by atoms with E-state index in [4.69, 9.17) is 0 Å². The molecule has 1 aromatic heterocycles. The SMILES string of the molecule is Cc1cc(C(=O)N2CCN(Cc3cccc([N+](=O)[O-])c3)CC2)c2ccc(F)cc2n1. The Morgan fingerprint density at radius 3 is 2.63 bits per heavy atom. The normalized spacial score (nSPS) is 14.8. The van der Waals surface area contributed by atoms with E-state index in [2.05, 4.69) is 9.88 Å². The molecule has 30 heavy (non-hydrogen) atoms. The second-order valence-corrected chi connectivity index (χ2v) is 7.47. The van der Waals surface area contributed by atoms with Crippen LogP contribution in [0.3, 0.4) is 0 Å². The number of non-ortho nitro benzene ring substituents is 1. The summed E-state index contributed by atoms with van der Waals surface area (Å²) in [5, 5.41) is 11.6. The largest absolute Gasteiger partial charge is 0.336 e. The minimum absolute atomic E-state index is 0.0812. The van der Waals surface area contributed by atoms with Crippen molar-refractivity contribution in [1.82, 2.24) is 14.8 Å². The van der Waals surface area contributed by atoms with Gasteiger partial charge in [0.2, 0.25) is 0 Å². The highest BCUT2D eigenvalue weighted by molar-refractivity contribution is 6.06. The number of hydrogen-bond donors (Lipinski definition) is 0. The van der Waals surface area contributed by atoms with Gasteiger partial charge in [0.25, 0.3) is 11.6 Å². The minimum atomic E-state index is -0.396. The molecule has 0 saturated carbocycles. The van der Waals surface area contributed by atoms with Gasteiger partial charge in [0.15, 0.2) is 0 Å². The zero-order valence-corrected chi connectivity index (χ0v) is 16.5. The summed E-state index contributed by atoms with van der Waals surface area (Å²) in [5.41, 5.74) is 2.63. The lowest BCUT2D eigenvalue weighted by Gasteiger charge is -2.35. The van der Waals surface area contributed by atoms with E-state index in [0.717, 1.165) is 5.56 Å². The molecular formula is C22H21FN4O3. The molecule has 154 valence electrons. The standard InChI is InChI=1S/C22H21FN4O3/c1-15-11-20(19-6-5-17(23)13-21(19)24-15)22(28)26-9-7-25(8-10-26)14-16-3-2-4-18(12-16)27(29)30/h2-6,11-13H,7-10,14H2,1H3. The molecule has 1 amide bonds. The van der Waals surface area contributed by atoms with E-state index >= 15 is 0 Å². The molecule has 7 nitrogen and oxygen atoms in total. The number of halogens is 1. The Morgan fingerprint density at radius 2 is 1.90 bits per heavy atom. The molecule has 0 aliphatic carbocycles. The molecule has 8 heteroatoms. The number of nitrogens with zero attached hydrogens (tertiary/aromatic N) is 4. The molecule has 0 bridgehead atoms. The van der Waals surface area contributed by atoms with Crippen LogP contribution in [0.5, 0.6) is 0 Å². The van der Waals surface area contributed by atoms with Crippen LogP contribution in [0.1, 0.15) is 21.6 Å². The minimum Gasteiger partial charge on any atom is -0.336 e. The number of aromatic nitrogens is 1. The van der Waals surface area contributed by atoms with E-state index in [1.54, 1.807) is 36.1 Å². The van der Waals surface area contributed by atoms with Gasteiger partial charge in [-0.15, -0.1) is 0 Å². The van der Waals surface area contributed by atoms with Crippen LogP contribution in [0, 0.1) is 22.9 Å². The van der Waals surface area contributed by atoms with Crippen molar-refractivity contribution in [3.05, 3.63) is 81.3 Å². The van der Waals surface area contributed by atoms with E-state index in [1.165, 1.54) is 18.2 Å². The fourth-order valence-corrected chi connectivity index (χ4v) is 3.82. The lowest BCUT2D eigenvalue weighted by atomic mass is 10.1. The summed E-state index contributed by atoms with van der Waals surface area (Å²) in [6.07, 6.45) is 0.